The Bertz CT molecular complexity index is 61.5. The Hall–Kier alpha value is 0.970. The molecule has 1 N–H and O–H groups in total. The number of unbranched alkanes of at least 4 members (excludes halogenated alkanes) is 1. The SMILES string of the molecule is CCCC[PH](O)(Cl)Cl. The minimum absolute atomic E-state index is 0.590. The summed E-state index contributed by atoms with van der Waals surface area (Å²) >= 11 is 10.7. The van der Waals surface area contributed by atoms with Gasteiger partial charge in [-0.05, 0) is 0 Å². The predicted molar refractivity (Wildman–Crippen MR) is 42.0 cm³/mol. The molecular weight excluding hydrogens is 166 g/mol. The zero-order valence-electron chi connectivity index (χ0n) is 4.82. The fraction of sp³-hybridized carbons (Fsp3) is 1.00. The van der Waals surface area contributed by atoms with E-state index < -0.39 is 6.19 Å². The summed E-state index contributed by atoms with van der Waals surface area (Å²) in [6.07, 6.45) is -0.181. The molecule has 8 heavy (non-hydrogen) atoms. The van der Waals surface area contributed by atoms with E-state index in [4.69, 9.17) is 27.4 Å². The molecule has 0 aromatic rings. The van der Waals surface area contributed by atoms with Gasteiger partial charge in [0, 0.05) is 0 Å². The molecule has 1 nitrogen and oxygen atoms in total. The van der Waals surface area contributed by atoms with Crippen molar-refractivity contribution in [2.24, 2.45) is 0 Å². The summed E-state index contributed by atoms with van der Waals surface area (Å²) in [5, 5.41) is 0. The van der Waals surface area contributed by atoms with Gasteiger partial charge in [0.1, 0.15) is 0 Å². The Morgan fingerprint density at radius 2 is 2.00 bits per heavy atom. The first kappa shape index (κ1) is 8.97. The number of halogens is 2. The second kappa shape index (κ2) is 3.90. The number of hydrogen-bond acceptors (Lipinski definition) is 1. The van der Waals surface area contributed by atoms with Gasteiger partial charge in [0.25, 0.3) is 0 Å². The van der Waals surface area contributed by atoms with Gasteiger partial charge in [-0.2, -0.15) is 0 Å². The molecule has 0 unspecified atom stereocenters. The molecule has 0 bridgehead atoms. The van der Waals surface area contributed by atoms with Gasteiger partial charge in [-0.3, -0.25) is 0 Å². The maximum atomic E-state index is 8.82. The molecule has 52 valence electrons. The summed E-state index contributed by atoms with van der Waals surface area (Å²) in [4.78, 5) is 8.82. The molecule has 0 amide bonds. The van der Waals surface area contributed by atoms with Crippen LogP contribution < -0.4 is 0 Å². The van der Waals surface area contributed by atoms with Crippen LogP contribution in [0.3, 0.4) is 0 Å². The standard InChI is InChI=1S/C4H11Cl2OP/c1-2-3-4-8(5,6)7/h7-8H,2-4H2,1H3. The summed E-state index contributed by atoms with van der Waals surface area (Å²) in [6, 6.07) is 0. The molecule has 4 heteroatoms. The van der Waals surface area contributed by atoms with Gasteiger partial charge >= 0.3 is 59.5 Å². The third-order valence-corrected chi connectivity index (χ3v) is 2.92. The summed E-state index contributed by atoms with van der Waals surface area (Å²) in [5.41, 5.74) is 0. The van der Waals surface area contributed by atoms with Crippen LogP contribution in [-0.4, -0.2) is 11.1 Å². The van der Waals surface area contributed by atoms with Gasteiger partial charge in [0.15, 0.2) is 0 Å². The van der Waals surface area contributed by atoms with Crippen molar-refractivity contribution < 1.29 is 4.89 Å². The summed E-state index contributed by atoms with van der Waals surface area (Å²) in [7, 11) is 0. The van der Waals surface area contributed by atoms with Crippen molar-refractivity contribution in [1.82, 2.24) is 0 Å². The van der Waals surface area contributed by atoms with Crippen LogP contribution in [-0.2, 0) is 0 Å². The monoisotopic (exact) mass is 176 g/mol. The van der Waals surface area contributed by atoms with E-state index in [-0.39, 0.29) is 0 Å². The molecule has 0 aliphatic rings. The van der Waals surface area contributed by atoms with E-state index in [0.29, 0.717) is 6.16 Å². The van der Waals surface area contributed by atoms with E-state index in [1.54, 1.807) is 0 Å². The molecule has 0 aliphatic carbocycles. The third-order valence-electron chi connectivity index (χ3n) is 0.831. The molecule has 0 saturated heterocycles. The molecule has 0 rings (SSSR count). The summed E-state index contributed by atoms with van der Waals surface area (Å²) in [6.45, 7) is 2.04. The zero-order valence-corrected chi connectivity index (χ0v) is 7.34. The third kappa shape index (κ3) is 6.97. The second-order valence-corrected chi connectivity index (χ2v) is 7.93. The van der Waals surface area contributed by atoms with E-state index in [1.165, 1.54) is 0 Å². The van der Waals surface area contributed by atoms with Crippen molar-refractivity contribution in [3.05, 3.63) is 0 Å². The van der Waals surface area contributed by atoms with Crippen molar-refractivity contribution in [2.45, 2.75) is 19.8 Å². The average Bonchev–Trinajstić information content (AvgIpc) is 1.59. The Kier molecular flexibility index (Phi) is 4.37. The first-order chi connectivity index (χ1) is 3.56. The van der Waals surface area contributed by atoms with Crippen LogP contribution in [0.4, 0.5) is 0 Å². The van der Waals surface area contributed by atoms with Gasteiger partial charge in [-0.1, -0.05) is 0 Å². The second-order valence-electron chi connectivity index (χ2n) is 1.77. The van der Waals surface area contributed by atoms with Crippen LogP contribution in [0.5, 0.6) is 0 Å². The molecule has 0 radical (unpaired) electrons. The first-order valence-corrected chi connectivity index (χ1v) is 6.84. The van der Waals surface area contributed by atoms with Crippen LogP contribution in [0.1, 0.15) is 19.8 Å². The number of rotatable bonds is 3. The normalized spacial score (nSPS) is 14.0. The first-order valence-electron chi connectivity index (χ1n) is 2.66. The van der Waals surface area contributed by atoms with Crippen molar-refractivity contribution in [3.8, 4) is 0 Å². The van der Waals surface area contributed by atoms with Crippen LogP contribution in [0, 0.1) is 0 Å². The van der Waals surface area contributed by atoms with Crippen LogP contribution in [0.15, 0.2) is 0 Å². The van der Waals surface area contributed by atoms with Crippen molar-refractivity contribution in [3.63, 3.8) is 0 Å². The number of hydrogen-bond donors (Lipinski definition) is 1. The van der Waals surface area contributed by atoms with E-state index in [2.05, 4.69) is 0 Å². The quantitative estimate of drug-likeness (QED) is 0.657. The van der Waals surface area contributed by atoms with Crippen molar-refractivity contribution in [1.29, 1.82) is 0 Å². The molecule has 0 aliphatic heterocycles. The van der Waals surface area contributed by atoms with Crippen molar-refractivity contribution >= 4 is 28.7 Å². The summed E-state index contributed by atoms with van der Waals surface area (Å²) < 4.78 is 0. The van der Waals surface area contributed by atoms with E-state index in [0.717, 1.165) is 12.8 Å². The van der Waals surface area contributed by atoms with Gasteiger partial charge < -0.3 is 0 Å². The van der Waals surface area contributed by atoms with Gasteiger partial charge in [-0.25, -0.2) is 0 Å². The molecule has 0 spiro atoms. The van der Waals surface area contributed by atoms with Crippen molar-refractivity contribution in [2.75, 3.05) is 6.16 Å². The molecular formula is C4H11Cl2OP. The predicted octanol–water partition coefficient (Wildman–Crippen LogP) is 2.75. The molecule has 0 saturated carbocycles. The zero-order chi connectivity index (χ0) is 6.62. The van der Waals surface area contributed by atoms with Crippen LogP contribution in [0.25, 0.3) is 0 Å². The molecule has 0 fully saturated rings. The molecule has 0 atom stereocenters. The van der Waals surface area contributed by atoms with E-state index in [9.17, 15) is 0 Å². The average molecular weight is 177 g/mol. The summed E-state index contributed by atoms with van der Waals surface area (Å²) in [5.74, 6) is 0. The minimum atomic E-state index is -2.73. The molecule has 0 heterocycles. The molecule has 0 aromatic heterocycles. The van der Waals surface area contributed by atoms with Gasteiger partial charge in [0.2, 0.25) is 0 Å². The van der Waals surface area contributed by atoms with Crippen LogP contribution in [0.2, 0.25) is 0 Å². The van der Waals surface area contributed by atoms with Crippen LogP contribution >= 0.6 is 28.7 Å². The van der Waals surface area contributed by atoms with E-state index in [1.807, 2.05) is 6.92 Å². The molecule has 0 aromatic carbocycles. The van der Waals surface area contributed by atoms with E-state index >= 15 is 0 Å². The Morgan fingerprint density at radius 1 is 1.50 bits per heavy atom. The topological polar surface area (TPSA) is 20.2 Å². The maximum absolute atomic E-state index is 8.82. The van der Waals surface area contributed by atoms with Gasteiger partial charge in [0.05, 0.1) is 0 Å². The fourth-order valence-electron chi connectivity index (χ4n) is 0.389. The Balaban J connectivity index is 3.11. The Labute approximate surface area is 60.0 Å². The Morgan fingerprint density at radius 3 is 2.12 bits per heavy atom. The van der Waals surface area contributed by atoms with Gasteiger partial charge in [-0.15, -0.1) is 0 Å². The fourth-order valence-corrected chi connectivity index (χ4v) is 1.97.